The second kappa shape index (κ2) is 7.29. The molecule has 0 aliphatic rings. The molecule has 0 aromatic heterocycles. The number of ether oxygens (including phenoxy) is 1. The van der Waals surface area contributed by atoms with E-state index in [4.69, 9.17) is 4.74 Å². The third-order valence-electron chi connectivity index (χ3n) is 4.98. The third-order valence-corrected chi connectivity index (χ3v) is 4.98. The molecule has 3 heteroatoms. The zero-order valence-electron chi connectivity index (χ0n) is 15.4. The van der Waals surface area contributed by atoms with E-state index >= 15 is 0 Å². The summed E-state index contributed by atoms with van der Waals surface area (Å²) in [6.45, 7) is 14.3. The van der Waals surface area contributed by atoms with Crippen molar-refractivity contribution in [1.82, 2.24) is 0 Å². The van der Waals surface area contributed by atoms with Crippen LogP contribution in [0.15, 0.2) is 18.2 Å². The SMILES string of the molecule is CCC(C)(C)c1ccc(OC([C]=O)C(C)=O)c(C(C)(C)CC)c1. The molecule has 0 heterocycles. The molecule has 1 rings (SSSR count). The average Bonchev–Trinajstić information content (AvgIpc) is 2.51. The van der Waals surface area contributed by atoms with Crippen LogP contribution in [-0.2, 0) is 20.4 Å². The van der Waals surface area contributed by atoms with Gasteiger partial charge in [0.05, 0.1) is 0 Å². The number of ketones is 1. The van der Waals surface area contributed by atoms with Crippen molar-refractivity contribution in [1.29, 1.82) is 0 Å². The standard InChI is InChI=1S/C20H29O3/c1-8-19(4,5)15-10-11-17(23-18(13-21)14(3)22)16(12-15)20(6,7)9-2/h10-12,18H,8-9H2,1-7H3. The van der Waals surface area contributed by atoms with Crippen molar-refractivity contribution in [2.75, 3.05) is 0 Å². The second-order valence-electron chi connectivity index (χ2n) is 7.41. The predicted molar refractivity (Wildman–Crippen MR) is 93.9 cm³/mol. The van der Waals surface area contributed by atoms with Crippen LogP contribution in [0.1, 0.15) is 72.4 Å². The first-order chi connectivity index (χ1) is 10.6. The van der Waals surface area contributed by atoms with E-state index < -0.39 is 6.10 Å². The zero-order chi connectivity index (χ0) is 17.8. The Balaban J connectivity index is 3.41. The van der Waals surface area contributed by atoms with Crippen LogP contribution in [0, 0.1) is 0 Å². The monoisotopic (exact) mass is 317 g/mol. The molecule has 1 aromatic rings. The third kappa shape index (κ3) is 4.43. The Bertz CT molecular complexity index is 570. The summed E-state index contributed by atoms with van der Waals surface area (Å²) < 4.78 is 5.67. The maximum absolute atomic E-state index is 11.5. The lowest BCUT2D eigenvalue weighted by Crippen LogP contribution is -2.29. The lowest BCUT2D eigenvalue weighted by molar-refractivity contribution is -0.121. The van der Waals surface area contributed by atoms with Crippen molar-refractivity contribution in [2.24, 2.45) is 0 Å². The Kier molecular flexibility index (Phi) is 6.15. The first kappa shape index (κ1) is 19.4. The lowest BCUT2D eigenvalue weighted by atomic mass is 9.76. The molecule has 0 fully saturated rings. The van der Waals surface area contributed by atoms with Crippen LogP contribution in [0.3, 0.4) is 0 Å². The van der Waals surface area contributed by atoms with Gasteiger partial charge < -0.3 is 4.74 Å². The molecule has 1 aromatic carbocycles. The van der Waals surface area contributed by atoms with Crippen LogP contribution < -0.4 is 4.74 Å². The van der Waals surface area contributed by atoms with Gasteiger partial charge in [0.2, 0.25) is 6.10 Å². The van der Waals surface area contributed by atoms with Crippen LogP contribution in [0.5, 0.6) is 5.75 Å². The average molecular weight is 317 g/mol. The largest absolute Gasteiger partial charge is 0.474 e. The molecular weight excluding hydrogens is 288 g/mol. The summed E-state index contributed by atoms with van der Waals surface area (Å²) in [7, 11) is 0. The van der Waals surface area contributed by atoms with Crippen molar-refractivity contribution in [3.8, 4) is 5.75 Å². The summed E-state index contributed by atoms with van der Waals surface area (Å²) >= 11 is 0. The Morgan fingerprint density at radius 3 is 2.13 bits per heavy atom. The number of carbonyl (C=O) groups excluding carboxylic acids is 2. The number of hydrogen-bond donors (Lipinski definition) is 0. The highest BCUT2D eigenvalue weighted by atomic mass is 16.5. The minimum absolute atomic E-state index is 0.0634. The van der Waals surface area contributed by atoms with E-state index in [0.717, 1.165) is 18.4 Å². The highest BCUT2D eigenvalue weighted by Gasteiger charge is 2.28. The van der Waals surface area contributed by atoms with Gasteiger partial charge >= 0.3 is 0 Å². The van der Waals surface area contributed by atoms with Gasteiger partial charge in [-0.3, -0.25) is 9.59 Å². The Labute approximate surface area is 140 Å². The van der Waals surface area contributed by atoms with E-state index in [1.165, 1.54) is 12.5 Å². The molecule has 23 heavy (non-hydrogen) atoms. The quantitative estimate of drug-likeness (QED) is 0.663. The highest BCUT2D eigenvalue weighted by molar-refractivity contribution is 5.95. The van der Waals surface area contributed by atoms with Gasteiger partial charge in [0.1, 0.15) is 5.75 Å². The van der Waals surface area contributed by atoms with Gasteiger partial charge in [0.25, 0.3) is 6.29 Å². The van der Waals surface area contributed by atoms with E-state index in [0.29, 0.717) is 5.75 Å². The summed E-state index contributed by atoms with van der Waals surface area (Å²) in [4.78, 5) is 22.5. The molecule has 1 unspecified atom stereocenters. The molecule has 0 aliphatic heterocycles. The van der Waals surface area contributed by atoms with Crippen molar-refractivity contribution < 1.29 is 14.3 Å². The molecule has 1 radical (unpaired) electrons. The summed E-state index contributed by atoms with van der Waals surface area (Å²) in [6, 6.07) is 6.06. The molecule has 0 saturated carbocycles. The van der Waals surface area contributed by atoms with E-state index in [9.17, 15) is 9.59 Å². The zero-order valence-corrected chi connectivity index (χ0v) is 15.4. The minimum atomic E-state index is -1.16. The molecule has 127 valence electrons. The van der Waals surface area contributed by atoms with E-state index in [1.807, 2.05) is 12.1 Å². The van der Waals surface area contributed by atoms with Crippen LogP contribution in [0.2, 0.25) is 0 Å². The number of Topliss-reactive ketones (excluding diaryl/α,β-unsaturated/α-hetero) is 1. The number of benzene rings is 1. The summed E-state index contributed by atoms with van der Waals surface area (Å²) in [6.07, 6.45) is 2.47. The normalized spacial score (nSPS) is 13.5. The lowest BCUT2D eigenvalue weighted by Gasteiger charge is -2.30. The van der Waals surface area contributed by atoms with Crippen molar-refractivity contribution in [2.45, 2.75) is 78.2 Å². The minimum Gasteiger partial charge on any atom is -0.474 e. The number of rotatable bonds is 8. The molecule has 3 nitrogen and oxygen atoms in total. The van der Waals surface area contributed by atoms with Gasteiger partial charge in [-0.25, -0.2) is 0 Å². The highest BCUT2D eigenvalue weighted by Crippen LogP contribution is 2.38. The van der Waals surface area contributed by atoms with Crippen LogP contribution in [0.25, 0.3) is 0 Å². The van der Waals surface area contributed by atoms with Crippen LogP contribution in [0.4, 0.5) is 0 Å². The van der Waals surface area contributed by atoms with E-state index in [-0.39, 0.29) is 16.6 Å². The fourth-order valence-electron chi connectivity index (χ4n) is 2.29. The van der Waals surface area contributed by atoms with Gasteiger partial charge in [-0.05, 0) is 42.2 Å². The Hall–Kier alpha value is -1.64. The maximum Gasteiger partial charge on any atom is 0.250 e. The Morgan fingerprint density at radius 1 is 1.13 bits per heavy atom. The predicted octanol–water partition coefficient (Wildman–Crippen LogP) is 4.51. The summed E-state index contributed by atoms with van der Waals surface area (Å²) in [5.74, 6) is 0.259. The number of carbonyl (C=O) groups is 1. The summed E-state index contributed by atoms with van der Waals surface area (Å²) in [5.41, 5.74) is 2.21. The Morgan fingerprint density at radius 2 is 1.70 bits per heavy atom. The van der Waals surface area contributed by atoms with Crippen molar-refractivity contribution >= 4 is 12.1 Å². The molecular formula is C20H29O3. The first-order valence-corrected chi connectivity index (χ1v) is 8.28. The molecule has 0 aliphatic carbocycles. The molecule has 0 N–H and O–H groups in total. The van der Waals surface area contributed by atoms with Gasteiger partial charge in [0.15, 0.2) is 5.78 Å². The van der Waals surface area contributed by atoms with Gasteiger partial charge in [-0.15, -0.1) is 0 Å². The van der Waals surface area contributed by atoms with E-state index in [2.05, 4.69) is 47.6 Å². The first-order valence-electron chi connectivity index (χ1n) is 8.28. The van der Waals surface area contributed by atoms with E-state index in [1.54, 1.807) is 6.29 Å². The summed E-state index contributed by atoms with van der Waals surface area (Å²) in [5, 5.41) is 0. The van der Waals surface area contributed by atoms with Gasteiger partial charge in [-0.1, -0.05) is 53.7 Å². The van der Waals surface area contributed by atoms with Crippen LogP contribution in [-0.4, -0.2) is 18.2 Å². The molecule has 0 spiro atoms. The molecule has 0 amide bonds. The number of hydrogen-bond acceptors (Lipinski definition) is 3. The van der Waals surface area contributed by atoms with Crippen molar-refractivity contribution in [3.05, 3.63) is 29.3 Å². The fourth-order valence-corrected chi connectivity index (χ4v) is 2.29. The maximum atomic E-state index is 11.5. The smallest absolute Gasteiger partial charge is 0.250 e. The second-order valence-corrected chi connectivity index (χ2v) is 7.41. The van der Waals surface area contributed by atoms with Gasteiger partial charge in [0, 0.05) is 5.56 Å². The molecule has 0 bridgehead atoms. The molecule has 1 atom stereocenters. The van der Waals surface area contributed by atoms with Crippen molar-refractivity contribution in [3.63, 3.8) is 0 Å². The fraction of sp³-hybridized carbons (Fsp3) is 0.600. The van der Waals surface area contributed by atoms with Gasteiger partial charge in [-0.2, -0.15) is 0 Å². The van der Waals surface area contributed by atoms with Crippen LogP contribution >= 0.6 is 0 Å². The topological polar surface area (TPSA) is 43.4 Å². The molecule has 0 saturated heterocycles.